The van der Waals surface area contributed by atoms with Crippen LogP contribution in [0, 0.1) is 0 Å². The fraction of sp³-hybridized carbons (Fsp3) is 0.538. The highest BCUT2D eigenvalue weighted by Crippen LogP contribution is 2.32. The minimum Gasteiger partial charge on any atom is -0.379 e. The van der Waals surface area contributed by atoms with Crippen molar-refractivity contribution in [2.45, 2.75) is 30.0 Å². The van der Waals surface area contributed by atoms with Gasteiger partial charge in [0, 0.05) is 15.9 Å². The van der Waals surface area contributed by atoms with Crippen LogP contribution in [0.2, 0.25) is 0 Å². The van der Waals surface area contributed by atoms with Crippen molar-refractivity contribution in [1.82, 2.24) is 5.32 Å². The monoisotopic (exact) mass is 315 g/mol. The van der Waals surface area contributed by atoms with E-state index in [1.807, 2.05) is 11.8 Å². The highest BCUT2D eigenvalue weighted by atomic mass is 79.9. The summed E-state index contributed by atoms with van der Waals surface area (Å²) < 4.78 is 6.38. The molecule has 94 valence electrons. The van der Waals surface area contributed by atoms with Crippen LogP contribution in [0.4, 0.5) is 0 Å². The molecule has 1 fully saturated rings. The van der Waals surface area contributed by atoms with Gasteiger partial charge in [0.25, 0.3) is 0 Å². The summed E-state index contributed by atoms with van der Waals surface area (Å²) in [5.74, 6) is 0. The van der Waals surface area contributed by atoms with E-state index in [1.165, 1.54) is 16.9 Å². The molecule has 1 aliphatic rings. The fourth-order valence-electron chi connectivity index (χ4n) is 1.66. The number of hydrogen-bond acceptors (Lipinski definition) is 3. The van der Waals surface area contributed by atoms with Gasteiger partial charge in [0.15, 0.2) is 0 Å². The lowest BCUT2D eigenvalue weighted by Gasteiger charge is -2.26. The van der Waals surface area contributed by atoms with Gasteiger partial charge in [0.1, 0.15) is 0 Å². The molecule has 1 N–H and O–H groups in total. The second-order valence-electron chi connectivity index (χ2n) is 4.21. The van der Waals surface area contributed by atoms with Gasteiger partial charge in [-0.3, -0.25) is 0 Å². The Balaban J connectivity index is 2.00. The molecule has 0 atom stereocenters. The zero-order valence-electron chi connectivity index (χ0n) is 10.0. The van der Waals surface area contributed by atoms with E-state index < -0.39 is 0 Å². The van der Waals surface area contributed by atoms with Crippen LogP contribution in [0.25, 0.3) is 0 Å². The molecule has 4 heteroatoms. The van der Waals surface area contributed by atoms with Gasteiger partial charge in [0.2, 0.25) is 0 Å². The average Bonchev–Trinajstić information content (AvgIpc) is 2.26. The number of benzene rings is 1. The van der Waals surface area contributed by atoms with E-state index in [2.05, 4.69) is 46.4 Å². The Morgan fingerprint density at radius 1 is 1.47 bits per heavy atom. The van der Waals surface area contributed by atoms with Gasteiger partial charge < -0.3 is 10.1 Å². The Kier molecular flexibility index (Phi) is 5.35. The molecular weight excluding hydrogens is 298 g/mol. The Hall–Kier alpha value is -0.0300. The summed E-state index contributed by atoms with van der Waals surface area (Å²) in [7, 11) is 0. The molecule has 0 unspecified atom stereocenters. The van der Waals surface area contributed by atoms with Crippen molar-refractivity contribution in [1.29, 1.82) is 0 Å². The summed E-state index contributed by atoms with van der Waals surface area (Å²) in [6, 6.07) is 6.53. The van der Waals surface area contributed by atoms with Gasteiger partial charge >= 0.3 is 0 Å². The molecule has 1 aromatic carbocycles. The summed E-state index contributed by atoms with van der Waals surface area (Å²) in [4.78, 5) is 1.38. The van der Waals surface area contributed by atoms with E-state index in [-0.39, 0.29) is 0 Å². The molecule has 2 nitrogen and oxygen atoms in total. The maximum absolute atomic E-state index is 5.22. The first kappa shape index (κ1) is 13.4. The molecule has 0 saturated carbocycles. The van der Waals surface area contributed by atoms with Crippen LogP contribution in [0.15, 0.2) is 27.6 Å². The van der Waals surface area contributed by atoms with Crippen LogP contribution < -0.4 is 5.32 Å². The van der Waals surface area contributed by atoms with Crippen molar-refractivity contribution in [3.05, 3.63) is 28.2 Å². The molecule has 2 rings (SSSR count). The van der Waals surface area contributed by atoms with Crippen LogP contribution in [0.3, 0.4) is 0 Å². The zero-order valence-corrected chi connectivity index (χ0v) is 12.4. The van der Waals surface area contributed by atoms with Crippen LogP contribution >= 0.6 is 27.7 Å². The van der Waals surface area contributed by atoms with E-state index in [0.717, 1.165) is 30.8 Å². The number of nitrogens with one attached hydrogen (secondary N) is 1. The smallest absolute Gasteiger partial charge is 0.0611 e. The van der Waals surface area contributed by atoms with Crippen LogP contribution in [0.5, 0.6) is 0 Å². The van der Waals surface area contributed by atoms with E-state index in [9.17, 15) is 0 Å². The Morgan fingerprint density at radius 3 is 2.94 bits per heavy atom. The number of rotatable bonds is 6. The highest BCUT2D eigenvalue weighted by Gasteiger charge is 2.20. The van der Waals surface area contributed by atoms with Crippen molar-refractivity contribution in [3.63, 3.8) is 0 Å². The number of halogens is 1. The standard InChI is InChI=1S/C13H18BrNOS/c1-2-5-15-7-10-6-11(14)3-4-13(10)17-12-8-16-9-12/h3-4,6,12,15H,2,5,7-9H2,1H3. The van der Waals surface area contributed by atoms with Gasteiger partial charge in [-0.15, -0.1) is 11.8 Å². The predicted octanol–water partition coefficient (Wildman–Crippen LogP) is 3.44. The summed E-state index contributed by atoms with van der Waals surface area (Å²) in [5.41, 5.74) is 1.38. The third-order valence-corrected chi connectivity index (χ3v) is 4.42. The molecule has 1 aliphatic heterocycles. The second-order valence-corrected chi connectivity index (χ2v) is 6.46. The molecule has 1 aromatic rings. The SMILES string of the molecule is CCCNCc1cc(Br)ccc1SC1COC1. The molecule has 0 radical (unpaired) electrons. The molecule has 1 heterocycles. The summed E-state index contributed by atoms with van der Waals surface area (Å²) >= 11 is 5.48. The van der Waals surface area contributed by atoms with Gasteiger partial charge in [-0.25, -0.2) is 0 Å². The van der Waals surface area contributed by atoms with Crippen LogP contribution in [-0.2, 0) is 11.3 Å². The topological polar surface area (TPSA) is 21.3 Å². The molecule has 17 heavy (non-hydrogen) atoms. The van der Waals surface area contributed by atoms with Gasteiger partial charge in [-0.05, 0) is 36.7 Å². The summed E-state index contributed by atoms with van der Waals surface area (Å²) in [5, 5.41) is 4.10. The first-order valence-electron chi connectivity index (χ1n) is 6.03. The predicted molar refractivity (Wildman–Crippen MR) is 76.6 cm³/mol. The van der Waals surface area contributed by atoms with Crippen LogP contribution in [0.1, 0.15) is 18.9 Å². The molecule has 0 amide bonds. The maximum Gasteiger partial charge on any atom is 0.0611 e. The largest absolute Gasteiger partial charge is 0.379 e. The molecule has 1 saturated heterocycles. The first-order chi connectivity index (χ1) is 8.29. The highest BCUT2D eigenvalue weighted by molar-refractivity contribution is 9.10. The third kappa shape index (κ3) is 3.98. The van der Waals surface area contributed by atoms with E-state index >= 15 is 0 Å². The number of thioether (sulfide) groups is 1. The quantitative estimate of drug-likeness (QED) is 0.813. The van der Waals surface area contributed by atoms with Crippen molar-refractivity contribution in [2.75, 3.05) is 19.8 Å². The normalized spacial score (nSPS) is 15.9. The number of ether oxygens (including phenoxy) is 1. The third-order valence-electron chi connectivity index (χ3n) is 2.67. The molecule has 0 spiro atoms. The fourth-order valence-corrected chi connectivity index (χ4v) is 3.19. The zero-order chi connectivity index (χ0) is 12.1. The molecule has 0 bridgehead atoms. The van der Waals surface area contributed by atoms with Gasteiger partial charge in [-0.2, -0.15) is 0 Å². The molecule has 0 aliphatic carbocycles. The Labute approximate surface area is 116 Å². The van der Waals surface area contributed by atoms with Crippen molar-refractivity contribution < 1.29 is 4.74 Å². The Bertz CT molecular complexity index is 368. The van der Waals surface area contributed by atoms with E-state index in [0.29, 0.717) is 5.25 Å². The summed E-state index contributed by atoms with van der Waals surface area (Å²) in [6.45, 7) is 5.99. The maximum atomic E-state index is 5.22. The lowest BCUT2D eigenvalue weighted by molar-refractivity contribution is 0.0455. The van der Waals surface area contributed by atoms with Crippen molar-refractivity contribution in [3.8, 4) is 0 Å². The lowest BCUT2D eigenvalue weighted by Crippen LogP contribution is -2.30. The molecular formula is C13H18BrNOS. The summed E-state index contributed by atoms with van der Waals surface area (Å²) in [6.07, 6.45) is 1.17. The second kappa shape index (κ2) is 6.78. The number of hydrogen-bond donors (Lipinski definition) is 1. The average molecular weight is 316 g/mol. The van der Waals surface area contributed by atoms with E-state index in [4.69, 9.17) is 4.74 Å². The van der Waals surface area contributed by atoms with Crippen molar-refractivity contribution >= 4 is 27.7 Å². The first-order valence-corrected chi connectivity index (χ1v) is 7.70. The Morgan fingerprint density at radius 2 is 2.29 bits per heavy atom. The molecule has 0 aromatic heterocycles. The van der Waals surface area contributed by atoms with Gasteiger partial charge in [-0.1, -0.05) is 22.9 Å². The minimum atomic E-state index is 0.640. The van der Waals surface area contributed by atoms with Crippen LogP contribution in [-0.4, -0.2) is 25.0 Å². The van der Waals surface area contributed by atoms with Gasteiger partial charge in [0.05, 0.1) is 18.5 Å². The minimum absolute atomic E-state index is 0.640. The van der Waals surface area contributed by atoms with Crippen molar-refractivity contribution in [2.24, 2.45) is 0 Å². The lowest BCUT2D eigenvalue weighted by atomic mass is 10.2. The van der Waals surface area contributed by atoms with E-state index in [1.54, 1.807) is 0 Å².